The third kappa shape index (κ3) is 2.45. The number of nitriles is 1. The molecule has 0 aromatic heterocycles. The van der Waals surface area contributed by atoms with E-state index in [1.165, 1.54) is 12.1 Å². The standard InChI is InChI=1S/C9H7FN2O2/c10-7-5-6(13)1-2-8(7)12-9(14)3-4-11/h1-2,5,13H,3H2,(H,12,14). The molecule has 0 radical (unpaired) electrons. The molecule has 0 aliphatic rings. The number of nitrogens with one attached hydrogen (secondary N) is 1. The number of nitrogens with zero attached hydrogens (tertiary/aromatic N) is 1. The van der Waals surface area contributed by atoms with Gasteiger partial charge < -0.3 is 10.4 Å². The summed E-state index contributed by atoms with van der Waals surface area (Å²) >= 11 is 0. The van der Waals surface area contributed by atoms with Crippen molar-refractivity contribution in [2.24, 2.45) is 0 Å². The van der Waals surface area contributed by atoms with Gasteiger partial charge in [0.1, 0.15) is 18.0 Å². The molecule has 1 amide bonds. The lowest BCUT2D eigenvalue weighted by atomic mass is 10.3. The molecule has 0 saturated heterocycles. The van der Waals surface area contributed by atoms with E-state index in [9.17, 15) is 9.18 Å². The molecule has 4 nitrogen and oxygen atoms in total. The van der Waals surface area contributed by atoms with Gasteiger partial charge in [0, 0.05) is 6.07 Å². The minimum absolute atomic E-state index is 0.0527. The average Bonchev–Trinajstić information content (AvgIpc) is 2.10. The van der Waals surface area contributed by atoms with Gasteiger partial charge in [-0.3, -0.25) is 4.79 Å². The van der Waals surface area contributed by atoms with E-state index in [0.717, 1.165) is 6.07 Å². The summed E-state index contributed by atoms with van der Waals surface area (Å²) in [5.41, 5.74) is -0.0527. The first-order valence-electron chi connectivity index (χ1n) is 3.79. The molecule has 5 heteroatoms. The lowest BCUT2D eigenvalue weighted by molar-refractivity contribution is -0.115. The maximum absolute atomic E-state index is 13.0. The van der Waals surface area contributed by atoms with Gasteiger partial charge in [-0.25, -0.2) is 4.39 Å². The number of phenols is 1. The molecule has 1 aromatic rings. The van der Waals surface area contributed by atoms with Gasteiger partial charge in [0.15, 0.2) is 0 Å². The fraction of sp³-hybridized carbons (Fsp3) is 0.111. The van der Waals surface area contributed by atoms with Gasteiger partial charge in [0.05, 0.1) is 11.8 Å². The first-order valence-corrected chi connectivity index (χ1v) is 3.79. The number of hydrogen-bond donors (Lipinski definition) is 2. The number of rotatable bonds is 2. The molecule has 72 valence electrons. The van der Waals surface area contributed by atoms with Crippen molar-refractivity contribution in [3.05, 3.63) is 24.0 Å². The van der Waals surface area contributed by atoms with Crippen LogP contribution in [0.3, 0.4) is 0 Å². The van der Waals surface area contributed by atoms with Gasteiger partial charge in [-0.1, -0.05) is 0 Å². The summed E-state index contributed by atoms with van der Waals surface area (Å²) in [6.07, 6.45) is -0.333. The molecule has 0 aliphatic heterocycles. The number of carbonyl (C=O) groups excluding carboxylic acids is 1. The van der Waals surface area contributed by atoms with Crippen molar-refractivity contribution in [3.63, 3.8) is 0 Å². The molecule has 0 spiro atoms. The van der Waals surface area contributed by atoms with E-state index < -0.39 is 11.7 Å². The van der Waals surface area contributed by atoms with Crippen molar-refractivity contribution >= 4 is 11.6 Å². The number of benzene rings is 1. The predicted octanol–water partition coefficient (Wildman–Crippen LogP) is 1.38. The predicted molar refractivity (Wildman–Crippen MR) is 46.9 cm³/mol. The molecule has 0 bridgehead atoms. The second kappa shape index (κ2) is 4.23. The zero-order valence-corrected chi connectivity index (χ0v) is 7.12. The zero-order chi connectivity index (χ0) is 10.6. The minimum Gasteiger partial charge on any atom is -0.508 e. The molecule has 0 fully saturated rings. The van der Waals surface area contributed by atoms with Crippen LogP contribution >= 0.6 is 0 Å². The Labute approximate surface area is 79.6 Å². The van der Waals surface area contributed by atoms with E-state index in [-0.39, 0.29) is 17.9 Å². The van der Waals surface area contributed by atoms with E-state index in [1.807, 2.05) is 0 Å². The SMILES string of the molecule is N#CCC(=O)Nc1ccc(O)cc1F. The Kier molecular flexibility index (Phi) is 3.02. The largest absolute Gasteiger partial charge is 0.508 e. The molecule has 0 heterocycles. The summed E-state index contributed by atoms with van der Waals surface area (Å²) in [6.45, 7) is 0. The first kappa shape index (κ1) is 9.99. The quantitative estimate of drug-likeness (QED) is 0.698. The summed E-state index contributed by atoms with van der Waals surface area (Å²) < 4.78 is 13.0. The number of hydrogen-bond acceptors (Lipinski definition) is 3. The molecule has 0 atom stereocenters. The molecule has 0 unspecified atom stereocenters. The molecular formula is C9H7FN2O2. The van der Waals surface area contributed by atoms with E-state index in [4.69, 9.17) is 10.4 Å². The number of aromatic hydroxyl groups is 1. The third-order valence-corrected chi connectivity index (χ3v) is 1.47. The second-order valence-corrected chi connectivity index (χ2v) is 2.55. The Morgan fingerprint density at radius 1 is 1.64 bits per heavy atom. The molecule has 0 saturated carbocycles. The number of carbonyl (C=O) groups is 1. The van der Waals surface area contributed by atoms with Crippen molar-refractivity contribution in [1.29, 1.82) is 5.26 Å². The van der Waals surface area contributed by atoms with E-state index in [1.54, 1.807) is 6.07 Å². The Balaban J connectivity index is 2.78. The van der Waals surface area contributed by atoms with Gasteiger partial charge in [-0.15, -0.1) is 0 Å². The fourth-order valence-corrected chi connectivity index (χ4v) is 0.872. The van der Waals surface area contributed by atoms with Gasteiger partial charge in [0.2, 0.25) is 5.91 Å². The average molecular weight is 194 g/mol. The lowest BCUT2D eigenvalue weighted by Gasteiger charge is -2.03. The van der Waals surface area contributed by atoms with Crippen LogP contribution in [-0.4, -0.2) is 11.0 Å². The van der Waals surface area contributed by atoms with Crippen molar-refractivity contribution < 1.29 is 14.3 Å². The Morgan fingerprint density at radius 3 is 2.93 bits per heavy atom. The Hall–Kier alpha value is -2.09. The van der Waals surface area contributed by atoms with Crippen LogP contribution in [0.2, 0.25) is 0 Å². The number of phenolic OH excluding ortho intramolecular Hbond substituents is 1. The highest BCUT2D eigenvalue weighted by Gasteiger charge is 2.06. The molecular weight excluding hydrogens is 187 g/mol. The maximum atomic E-state index is 13.0. The van der Waals surface area contributed by atoms with Crippen molar-refractivity contribution in [1.82, 2.24) is 0 Å². The van der Waals surface area contributed by atoms with Crippen molar-refractivity contribution in [2.75, 3.05) is 5.32 Å². The molecule has 1 aromatic carbocycles. The molecule has 0 aliphatic carbocycles. The monoisotopic (exact) mass is 194 g/mol. The van der Waals surface area contributed by atoms with Crippen LogP contribution in [0.1, 0.15) is 6.42 Å². The van der Waals surface area contributed by atoms with Crippen LogP contribution < -0.4 is 5.32 Å². The number of amides is 1. The number of halogens is 1. The van der Waals surface area contributed by atoms with E-state index in [0.29, 0.717) is 0 Å². The van der Waals surface area contributed by atoms with Crippen molar-refractivity contribution in [3.8, 4) is 11.8 Å². The smallest absolute Gasteiger partial charge is 0.238 e. The summed E-state index contributed by atoms with van der Waals surface area (Å²) in [5.74, 6) is -1.55. The van der Waals surface area contributed by atoms with Crippen molar-refractivity contribution in [2.45, 2.75) is 6.42 Å². The highest BCUT2D eigenvalue weighted by atomic mass is 19.1. The van der Waals surface area contributed by atoms with Crippen LogP contribution in [0.25, 0.3) is 0 Å². The fourth-order valence-electron chi connectivity index (χ4n) is 0.872. The highest BCUT2D eigenvalue weighted by Crippen LogP contribution is 2.19. The Morgan fingerprint density at radius 2 is 2.36 bits per heavy atom. The zero-order valence-electron chi connectivity index (χ0n) is 7.12. The maximum Gasteiger partial charge on any atom is 0.238 e. The lowest BCUT2D eigenvalue weighted by Crippen LogP contribution is -2.11. The molecule has 2 N–H and O–H groups in total. The first-order chi connectivity index (χ1) is 6.63. The number of anilines is 1. The van der Waals surface area contributed by atoms with Gasteiger partial charge >= 0.3 is 0 Å². The summed E-state index contributed by atoms with van der Waals surface area (Å²) in [4.78, 5) is 10.9. The minimum atomic E-state index is -0.740. The van der Waals surface area contributed by atoms with Crippen LogP contribution in [0.5, 0.6) is 5.75 Å². The normalized spacial score (nSPS) is 9.14. The van der Waals surface area contributed by atoms with Gasteiger partial charge in [-0.05, 0) is 12.1 Å². The van der Waals surface area contributed by atoms with Gasteiger partial charge in [-0.2, -0.15) is 5.26 Å². The Bertz CT molecular complexity index is 398. The third-order valence-electron chi connectivity index (χ3n) is 1.47. The van der Waals surface area contributed by atoms with Crippen LogP contribution in [-0.2, 0) is 4.79 Å². The molecule has 14 heavy (non-hydrogen) atoms. The van der Waals surface area contributed by atoms with Crippen LogP contribution in [0.15, 0.2) is 18.2 Å². The second-order valence-electron chi connectivity index (χ2n) is 2.55. The highest BCUT2D eigenvalue weighted by molar-refractivity contribution is 5.92. The van der Waals surface area contributed by atoms with Crippen LogP contribution in [0, 0.1) is 17.1 Å². The summed E-state index contributed by atoms with van der Waals surface area (Å²) in [5, 5.41) is 19.2. The van der Waals surface area contributed by atoms with E-state index >= 15 is 0 Å². The summed E-state index contributed by atoms with van der Waals surface area (Å²) in [7, 11) is 0. The molecule has 1 rings (SSSR count). The van der Waals surface area contributed by atoms with E-state index in [2.05, 4.69) is 5.32 Å². The summed E-state index contributed by atoms with van der Waals surface area (Å²) in [6, 6.07) is 4.97. The van der Waals surface area contributed by atoms with Gasteiger partial charge in [0.25, 0.3) is 0 Å². The topological polar surface area (TPSA) is 73.1 Å². The van der Waals surface area contributed by atoms with Crippen LogP contribution in [0.4, 0.5) is 10.1 Å².